The Balaban J connectivity index is 1.88. The van der Waals surface area contributed by atoms with Gasteiger partial charge in [0.1, 0.15) is 0 Å². The summed E-state index contributed by atoms with van der Waals surface area (Å²) < 4.78 is 0. The Bertz CT molecular complexity index is 284. The fourth-order valence-electron chi connectivity index (χ4n) is 2.43. The standard InChI is InChI=1S/C13H22N2S/c1-2-14-9-13-5-3-4-7-15(13)10-12-6-8-16-11-12/h6,8,11,13-14H,2-5,7,9-10H2,1H3. The fraction of sp³-hybridized carbons (Fsp3) is 0.692. The highest BCUT2D eigenvalue weighted by Crippen LogP contribution is 2.20. The van der Waals surface area contributed by atoms with Crippen LogP contribution in [0.2, 0.25) is 0 Å². The molecule has 0 bridgehead atoms. The first-order valence-corrected chi connectivity index (χ1v) is 7.30. The molecule has 0 saturated carbocycles. The lowest BCUT2D eigenvalue weighted by atomic mass is 10.0. The minimum Gasteiger partial charge on any atom is -0.315 e. The van der Waals surface area contributed by atoms with Crippen LogP contribution in [0.1, 0.15) is 31.7 Å². The van der Waals surface area contributed by atoms with E-state index in [0.717, 1.165) is 25.7 Å². The molecular formula is C13H22N2S. The number of rotatable bonds is 5. The summed E-state index contributed by atoms with van der Waals surface area (Å²) in [5.41, 5.74) is 1.48. The molecule has 1 aliphatic rings. The lowest BCUT2D eigenvalue weighted by Gasteiger charge is -2.35. The van der Waals surface area contributed by atoms with Crippen LogP contribution in [0.4, 0.5) is 0 Å². The third kappa shape index (κ3) is 3.30. The number of likely N-dealkylation sites (tertiary alicyclic amines) is 1. The summed E-state index contributed by atoms with van der Waals surface area (Å²) in [4.78, 5) is 2.65. The zero-order chi connectivity index (χ0) is 11.2. The Kier molecular flexibility index (Phi) is 4.82. The number of nitrogens with zero attached hydrogens (tertiary/aromatic N) is 1. The molecule has 1 aromatic rings. The van der Waals surface area contributed by atoms with Gasteiger partial charge < -0.3 is 5.32 Å². The van der Waals surface area contributed by atoms with E-state index in [1.54, 1.807) is 11.3 Å². The van der Waals surface area contributed by atoms with Gasteiger partial charge in [0, 0.05) is 19.1 Å². The van der Waals surface area contributed by atoms with Gasteiger partial charge in [-0.2, -0.15) is 11.3 Å². The summed E-state index contributed by atoms with van der Waals surface area (Å²) in [6.07, 6.45) is 4.13. The fourth-order valence-corrected chi connectivity index (χ4v) is 3.09. The van der Waals surface area contributed by atoms with E-state index in [0.29, 0.717) is 0 Å². The van der Waals surface area contributed by atoms with E-state index < -0.39 is 0 Å². The van der Waals surface area contributed by atoms with E-state index in [2.05, 4.69) is 34.0 Å². The molecule has 1 aromatic heterocycles. The molecule has 90 valence electrons. The number of hydrogen-bond donors (Lipinski definition) is 1. The number of hydrogen-bond acceptors (Lipinski definition) is 3. The van der Waals surface area contributed by atoms with Crippen LogP contribution in [0.3, 0.4) is 0 Å². The van der Waals surface area contributed by atoms with Gasteiger partial charge >= 0.3 is 0 Å². The molecule has 1 N–H and O–H groups in total. The maximum atomic E-state index is 3.49. The van der Waals surface area contributed by atoms with Crippen LogP contribution in [0.15, 0.2) is 16.8 Å². The van der Waals surface area contributed by atoms with Gasteiger partial charge in [-0.15, -0.1) is 0 Å². The zero-order valence-corrected chi connectivity index (χ0v) is 10.9. The number of nitrogens with one attached hydrogen (secondary N) is 1. The summed E-state index contributed by atoms with van der Waals surface area (Å²) >= 11 is 1.80. The van der Waals surface area contributed by atoms with Crippen molar-refractivity contribution in [3.8, 4) is 0 Å². The molecule has 0 aromatic carbocycles. The average Bonchev–Trinajstić information content (AvgIpc) is 2.81. The molecule has 1 saturated heterocycles. The predicted molar refractivity (Wildman–Crippen MR) is 70.9 cm³/mol. The molecule has 0 amide bonds. The van der Waals surface area contributed by atoms with Crippen molar-refractivity contribution in [2.24, 2.45) is 0 Å². The minimum absolute atomic E-state index is 0.744. The largest absolute Gasteiger partial charge is 0.315 e. The van der Waals surface area contributed by atoms with E-state index in [-0.39, 0.29) is 0 Å². The van der Waals surface area contributed by atoms with Crippen molar-refractivity contribution in [3.63, 3.8) is 0 Å². The van der Waals surface area contributed by atoms with Gasteiger partial charge in [0.05, 0.1) is 0 Å². The lowest BCUT2D eigenvalue weighted by Crippen LogP contribution is -2.44. The SMILES string of the molecule is CCNCC1CCCCN1Cc1ccsc1. The van der Waals surface area contributed by atoms with Crippen LogP contribution in [0, 0.1) is 0 Å². The molecule has 0 aliphatic carbocycles. The highest BCUT2D eigenvalue weighted by molar-refractivity contribution is 7.07. The third-order valence-electron chi connectivity index (χ3n) is 3.34. The quantitative estimate of drug-likeness (QED) is 0.848. The van der Waals surface area contributed by atoms with Crippen molar-refractivity contribution >= 4 is 11.3 Å². The van der Waals surface area contributed by atoms with Crippen LogP contribution in [-0.2, 0) is 6.54 Å². The van der Waals surface area contributed by atoms with E-state index in [1.807, 2.05) is 0 Å². The molecule has 2 heterocycles. The first-order chi connectivity index (χ1) is 7.90. The molecule has 1 unspecified atom stereocenters. The van der Waals surface area contributed by atoms with Crippen molar-refractivity contribution in [2.45, 2.75) is 38.8 Å². The smallest absolute Gasteiger partial charge is 0.0245 e. The number of likely N-dealkylation sites (N-methyl/N-ethyl adjacent to an activating group) is 1. The van der Waals surface area contributed by atoms with Gasteiger partial charge in [-0.3, -0.25) is 4.90 Å². The molecule has 1 atom stereocenters. The summed E-state index contributed by atoms with van der Waals surface area (Å²) in [6, 6.07) is 3.00. The predicted octanol–water partition coefficient (Wildman–Crippen LogP) is 2.71. The van der Waals surface area contributed by atoms with Crippen LogP contribution in [-0.4, -0.2) is 30.6 Å². The molecule has 1 aliphatic heterocycles. The summed E-state index contributed by atoms with van der Waals surface area (Å²) in [5.74, 6) is 0. The Hall–Kier alpha value is -0.380. The molecule has 1 fully saturated rings. The van der Waals surface area contributed by atoms with E-state index >= 15 is 0 Å². The molecule has 2 rings (SSSR count). The van der Waals surface area contributed by atoms with Crippen LogP contribution in [0.5, 0.6) is 0 Å². The maximum Gasteiger partial charge on any atom is 0.0245 e. The van der Waals surface area contributed by atoms with Crippen LogP contribution in [0.25, 0.3) is 0 Å². The topological polar surface area (TPSA) is 15.3 Å². The van der Waals surface area contributed by atoms with Crippen molar-refractivity contribution < 1.29 is 0 Å². The van der Waals surface area contributed by atoms with Gasteiger partial charge in [0.25, 0.3) is 0 Å². The Labute approximate surface area is 103 Å². The lowest BCUT2D eigenvalue weighted by molar-refractivity contribution is 0.138. The summed E-state index contributed by atoms with van der Waals surface area (Å²) in [7, 11) is 0. The highest BCUT2D eigenvalue weighted by Gasteiger charge is 2.21. The first-order valence-electron chi connectivity index (χ1n) is 6.36. The van der Waals surface area contributed by atoms with Crippen molar-refractivity contribution in [2.75, 3.05) is 19.6 Å². The third-order valence-corrected chi connectivity index (χ3v) is 4.08. The number of thiophene rings is 1. The molecule has 0 radical (unpaired) electrons. The van der Waals surface area contributed by atoms with E-state index in [9.17, 15) is 0 Å². The zero-order valence-electron chi connectivity index (χ0n) is 10.1. The summed E-state index contributed by atoms with van der Waals surface area (Å²) in [6.45, 7) is 6.83. The summed E-state index contributed by atoms with van der Waals surface area (Å²) in [5, 5.41) is 7.94. The van der Waals surface area contributed by atoms with E-state index in [4.69, 9.17) is 0 Å². The normalized spacial score (nSPS) is 22.4. The van der Waals surface area contributed by atoms with Crippen molar-refractivity contribution in [1.82, 2.24) is 10.2 Å². The molecule has 3 heteroatoms. The van der Waals surface area contributed by atoms with Gasteiger partial charge in [0.15, 0.2) is 0 Å². The van der Waals surface area contributed by atoms with E-state index in [1.165, 1.54) is 31.4 Å². The van der Waals surface area contributed by atoms with Crippen LogP contribution >= 0.6 is 11.3 Å². The monoisotopic (exact) mass is 238 g/mol. The van der Waals surface area contributed by atoms with Gasteiger partial charge in [0.2, 0.25) is 0 Å². The van der Waals surface area contributed by atoms with Crippen molar-refractivity contribution in [1.29, 1.82) is 0 Å². The Morgan fingerprint density at radius 2 is 2.44 bits per heavy atom. The Morgan fingerprint density at radius 3 is 3.19 bits per heavy atom. The first kappa shape index (κ1) is 12.1. The molecule has 2 nitrogen and oxygen atoms in total. The minimum atomic E-state index is 0.744. The second-order valence-electron chi connectivity index (χ2n) is 4.56. The number of piperidine rings is 1. The Morgan fingerprint density at radius 1 is 1.50 bits per heavy atom. The van der Waals surface area contributed by atoms with Gasteiger partial charge in [-0.05, 0) is 48.3 Å². The molecule has 0 spiro atoms. The second-order valence-corrected chi connectivity index (χ2v) is 5.34. The highest BCUT2D eigenvalue weighted by atomic mass is 32.1. The van der Waals surface area contributed by atoms with Gasteiger partial charge in [-0.25, -0.2) is 0 Å². The second kappa shape index (κ2) is 6.38. The molecular weight excluding hydrogens is 216 g/mol. The van der Waals surface area contributed by atoms with Crippen molar-refractivity contribution in [3.05, 3.63) is 22.4 Å². The van der Waals surface area contributed by atoms with Gasteiger partial charge in [-0.1, -0.05) is 13.3 Å². The van der Waals surface area contributed by atoms with Crippen LogP contribution < -0.4 is 5.32 Å². The maximum absolute atomic E-state index is 3.49. The average molecular weight is 238 g/mol. The molecule has 16 heavy (non-hydrogen) atoms.